The normalized spacial score (nSPS) is 15.5. The van der Waals surface area contributed by atoms with Gasteiger partial charge < -0.3 is 10.2 Å². The van der Waals surface area contributed by atoms with Gasteiger partial charge in [-0.25, -0.2) is 0 Å². The number of amides is 2. The Bertz CT molecular complexity index is 568. The Kier molecular flexibility index (Phi) is 5.27. The standard InChI is InChI=1S/C17H23BrN2O2/c1-4-20(11-15(21)19-12(2)3)16(22)17(8-9-17)13-6-5-7-14(18)10-13/h5-7,10,12H,4,8-9,11H2,1-3H3,(H,19,21). The molecule has 1 aliphatic carbocycles. The molecule has 0 aliphatic heterocycles. The fourth-order valence-corrected chi connectivity index (χ4v) is 3.11. The number of hydrogen-bond acceptors (Lipinski definition) is 2. The number of halogens is 1. The van der Waals surface area contributed by atoms with Crippen molar-refractivity contribution in [1.29, 1.82) is 0 Å². The van der Waals surface area contributed by atoms with Crippen molar-refractivity contribution in [2.45, 2.75) is 45.1 Å². The van der Waals surface area contributed by atoms with E-state index in [1.54, 1.807) is 4.90 Å². The van der Waals surface area contributed by atoms with Crippen LogP contribution in [0.15, 0.2) is 28.7 Å². The van der Waals surface area contributed by atoms with Crippen LogP contribution < -0.4 is 5.32 Å². The van der Waals surface area contributed by atoms with Crippen molar-refractivity contribution in [3.05, 3.63) is 34.3 Å². The lowest BCUT2D eigenvalue weighted by Crippen LogP contribution is -2.46. The molecule has 0 saturated heterocycles. The van der Waals surface area contributed by atoms with Gasteiger partial charge in [-0.05, 0) is 51.3 Å². The van der Waals surface area contributed by atoms with Crippen LogP contribution >= 0.6 is 15.9 Å². The van der Waals surface area contributed by atoms with E-state index >= 15 is 0 Å². The Labute approximate surface area is 140 Å². The molecular weight excluding hydrogens is 344 g/mol. The van der Waals surface area contributed by atoms with E-state index in [1.807, 2.05) is 45.0 Å². The van der Waals surface area contributed by atoms with Crippen molar-refractivity contribution in [3.63, 3.8) is 0 Å². The van der Waals surface area contributed by atoms with Crippen molar-refractivity contribution < 1.29 is 9.59 Å². The highest BCUT2D eigenvalue weighted by Crippen LogP contribution is 2.50. The summed E-state index contributed by atoms with van der Waals surface area (Å²) in [5, 5.41) is 2.84. The van der Waals surface area contributed by atoms with E-state index < -0.39 is 5.41 Å². The number of nitrogens with zero attached hydrogens (tertiary/aromatic N) is 1. The first-order valence-electron chi connectivity index (χ1n) is 7.74. The van der Waals surface area contributed by atoms with Gasteiger partial charge in [0.25, 0.3) is 0 Å². The van der Waals surface area contributed by atoms with Gasteiger partial charge in [0.1, 0.15) is 0 Å². The lowest BCUT2D eigenvalue weighted by atomic mass is 9.94. The Hall–Kier alpha value is -1.36. The molecule has 0 spiro atoms. The monoisotopic (exact) mass is 366 g/mol. The second kappa shape index (κ2) is 6.82. The number of carbonyl (C=O) groups is 2. The van der Waals surface area contributed by atoms with Gasteiger partial charge in [-0.3, -0.25) is 9.59 Å². The maximum atomic E-state index is 12.9. The van der Waals surface area contributed by atoms with Gasteiger partial charge in [-0.1, -0.05) is 28.1 Å². The van der Waals surface area contributed by atoms with Gasteiger partial charge >= 0.3 is 0 Å². The molecule has 120 valence electrons. The number of rotatable bonds is 6. The zero-order valence-corrected chi connectivity index (χ0v) is 14.9. The van der Waals surface area contributed by atoms with Crippen LogP contribution in [0.4, 0.5) is 0 Å². The molecule has 2 amide bonds. The van der Waals surface area contributed by atoms with Crippen molar-refractivity contribution in [1.82, 2.24) is 10.2 Å². The highest BCUT2D eigenvalue weighted by atomic mass is 79.9. The number of hydrogen-bond donors (Lipinski definition) is 1. The van der Waals surface area contributed by atoms with Gasteiger partial charge in [0.2, 0.25) is 11.8 Å². The van der Waals surface area contributed by atoms with Gasteiger partial charge in [-0.15, -0.1) is 0 Å². The van der Waals surface area contributed by atoms with Crippen LogP contribution in [0.25, 0.3) is 0 Å². The van der Waals surface area contributed by atoms with Gasteiger partial charge in [0.05, 0.1) is 12.0 Å². The molecule has 4 nitrogen and oxygen atoms in total. The van der Waals surface area contributed by atoms with E-state index in [1.165, 1.54) is 0 Å². The highest BCUT2D eigenvalue weighted by Gasteiger charge is 2.53. The summed E-state index contributed by atoms with van der Waals surface area (Å²) in [5.74, 6) is -0.0396. The molecule has 5 heteroatoms. The first-order chi connectivity index (χ1) is 10.4. The van der Waals surface area contributed by atoms with Crippen molar-refractivity contribution in [3.8, 4) is 0 Å². The Morgan fingerprint density at radius 3 is 2.55 bits per heavy atom. The lowest BCUT2D eigenvalue weighted by molar-refractivity contribution is -0.138. The number of nitrogens with one attached hydrogen (secondary N) is 1. The van der Waals surface area contributed by atoms with E-state index in [2.05, 4.69) is 21.2 Å². The largest absolute Gasteiger partial charge is 0.352 e. The third-order valence-electron chi connectivity index (χ3n) is 3.99. The molecule has 1 aromatic carbocycles. The summed E-state index contributed by atoms with van der Waals surface area (Å²) in [4.78, 5) is 26.5. The Morgan fingerprint density at radius 2 is 2.05 bits per heavy atom. The van der Waals surface area contributed by atoms with E-state index in [4.69, 9.17) is 0 Å². The molecule has 0 aromatic heterocycles. The molecular formula is C17H23BrN2O2. The van der Waals surface area contributed by atoms with Crippen molar-refractivity contribution >= 4 is 27.7 Å². The molecule has 1 aromatic rings. The minimum atomic E-state index is -0.433. The SMILES string of the molecule is CCN(CC(=O)NC(C)C)C(=O)C1(c2cccc(Br)c2)CC1. The van der Waals surface area contributed by atoms with Crippen LogP contribution in [0, 0.1) is 0 Å². The van der Waals surface area contributed by atoms with E-state index in [-0.39, 0.29) is 24.4 Å². The fraction of sp³-hybridized carbons (Fsp3) is 0.529. The zero-order valence-electron chi connectivity index (χ0n) is 13.4. The lowest BCUT2D eigenvalue weighted by Gasteiger charge is -2.26. The summed E-state index contributed by atoms with van der Waals surface area (Å²) in [6.07, 6.45) is 1.70. The predicted molar refractivity (Wildman–Crippen MR) is 90.6 cm³/mol. The summed E-state index contributed by atoms with van der Waals surface area (Å²) in [7, 11) is 0. The highest BCUT2D eigenvalue weighted by molar-refractivity contribution is 9.10. The Morgan fingerprint density at radius 1 is 1.36 bits per heavy atom. The van der Waals surface area contributed by atoms with Crippen LogP contribution in [-0.2, 0) is 15.0 Å². The molecule has 1 aliphatic rings. The molecule has 0 radical (unpaired) electrons. The number of benzene rings is 1. The van der Waals surface area contributed by atoms with Gasteiger partial charge in [-0.2, -0.15) is 0 Å². The van der Waals surface area contributed by atoms with Crippen LogP contribution in [0.2, 0.25) is 0 Å². The molecule has 1 saturated carbocycles. The topological polar surface area (TPSA) is 49.4 Å². The third-order valence-corrected chi connectivity index (χ3v) is 4.48. The fourth-order valence-electron chi connectivity index (χ4n) is 2.71. The van der Waals surface area contributed by atoms with Crippen molar-refractivity contribution in [2.24, 2.45) is 0 Å². The smallest absolute Gasteiger partial charge is 0.239 e. The molecule has 0 heterocycles. The quantitative estimate of drug-likeness (QED) is 0.841. The molecule has 0 bridgehead atoms. The predicted octanol–water partition coefficient (Wildman–Crippen LogP) is 2.85. The van der Waals surface area contributed by atoms with Crippen LogP contribution in [0.5, 0.6) is 0 Å². The summed E-state index contributed by atoms with van der Waals surface area (Å²) in [6, 6.07) is 8.00. The summed E-state index contributed by atoms with van der Waals surface area (Å²) in [5.41, 5.74) is 0.604. The van der Waals surface area contributed by atoms with Crippen LogP contribution in [0.3, 0.4) is 0 Å². The van der Waals surface area contributed by atoms with Gasteiger partial charge in [0.15, 0.2) is 0 Å². The molecule has 0 atom stereocenters. The summed E-state index contributed by atoms with van der Waals surface area (Å²) in [6.45, 7) is 6.42. The second-order valence-electron chi connectivity index (χ2n) is 6.13. The first kappa shape index (κ1) is 17.0. The average molecular weight is 367 g/mol. The van der Waals surface area contributed by atoms with E-state index in [0.717, 1.165) is 22.9 Å². The van der Waals surface area contributed by atoms with Crippen LogP contribution in [-0.4, -0.2) is 35.8 Å². The van der Waals surface area contributed by atoms with E-state index in [9.17, 15) is 9.59 Å². The molecule has 0 unspecified atom stereocenters. The third kappa shape index (κ3) is 3.69. The van der Waals surface area contributed by atoms with Crippen molar-refractivity contribution in [2.75, 3.05) is 13.1 Å². The van der Waals surface area contributed by atoms with Gasteiger partial charge in [0, 0.05) is 17.1 Å². The summed E-state index contributed by atoms with van der Waals surface area (Å²) >= 11 is 3.46. The maximum Gasteiger partial charge on any atom is 0.239 e. The second-order valence-corrected chi connectivity index (χ2v) is 7.05. The van der Waals surface area contributed by atoms with Crippen LogP contribution in [0.1, 0.15) is 39.2 Å². The zero-order chi connectivity index (χ0) is 16.3. The molecule has 1 N–H and O–H groups in total. The van der Waals surface area contributed by atoms with E-state index in [0.29, 0.717) is 6.54 Å². The minimum absolute atomic E-state index is 0.0620. The molecule has 22 heavy (non-hydrogen) atoms. The Balaban J connectivity index is 2.13. The maximum absolute atomic E-state index is 12.9. The first-order valence-corrected chi connectivity index (χ1v) is 8.53. The average Bonchev–Trinajstić information content (AvgIpc) is 3.25. The molecule has 2 rings (SSSR count). The molecule has 1 fully saturated rings. The number of likely N-dealkylation sites (N-methyl/N-ethyl adjacent to an activating group) is 1. The minimum Gasteiger partial charge on any atom is -0.352 e. The summed E-state index contributed by atoms with van der Waals surface area (Å²) < 4.78 is 0.977. The number of carbonyl (C=O) groups excluding carboxylic acids is 2.